The summed E-state index contributed by atoms with van der Waals surface area (Å²) in [5, 5.41) is 9.12. The highest BCUT2D eigenvalue weighted by molar-refractivity contribution is 5.32. The van der Waals surface area contributed by atoms with Crippen LogP contribution in [-0.4, -0.2) is 11.2 Å². The zero-order chi connectivity index (χ0) is 10.7. The smallest absolute Gasteiger partial charge is 0.129 e. The molecule has 78 valence electrons. The maximum absolute atomic E-state index is 13.2. The molecular weight excluding hydrogens is 186 g/mol. The van der Waals surface area contributed by atoms with Crippen molar-refractivity contribution in [1.29, 1.82) is 0 Å². The molecule has 14 heavy (non-hydrogen) atoms. The Bertz CT molecular complexity index is 298. The summed E-state index contributed by atoms with van der Waals surface area (Å²) in [7, 11) is 0. The fourth-order valence-corrected chi connectivity index (χ4v) is 1.47. The molecule has 0 aliphatic rings. The predicted octanol–water partition coefficient (Wildman–Crippen LogP) is 2.53. The van der Waals surface area contributed by atoms with Crippen LogP contribution < -0.4 is 0 Å². The highest BCUT2D eigenvalue weighted by atomic mass is 19.1. The highest BCUT2D eigenvalue weighted by Crippen LogP contribution is 2.18. The standard InChI is InChI=1S/C11H14F2O/c1-7-3-9(4-8(2)14)5-11(13)10(7)6-12/h3,5,8,14H,4,6H2,1-2H3. The normalized spacial score (nSPS) is 12.9. The van der Waals surface area contributed by atoms with E-state index >= 15 is 0 Å². The summed E-state index contributed by atoms with van der Waals surface area (Å²) in [4.78, 5) is 0. The lowest BCUT2D eigenvalue weighted by molar-refractivity contribution is 0.195. The van der Waals surface area contributed by atoms with Crippen molar-refractivity contribution in [3.8, 4) is 0 Å². The first-order valence-electron chi connectivity index (χ1n) is 4.56. The summed E-state index contributed by atoms with van der Waals surface area (Å²) in [6.07, 6.45) is -0.116. The van der Waals surface area contributed by atoms with Crippen LogP contribution >= 0.6 is 0 Å². The van der Waals surface area contributed by atoms with Crippen molar-refractivity contribution in [3.05, 3.63) is 34.6 Å². The van der Waals surface area contributed by atoms with Crippen molar-refractivity contribution >= 4 is 0 Å². The average molecular weight is 200 g/mol. The largest absolute Gasteiger partial charge is 0.393 e. The van der Waals surface area contributed by atoms with Gasteiger partial charge < -0.3 is 5.11 Å². The summed E-state index contributed by atoms with van der Waals surface area (Å²) < 4.78 is 25.6. The second kappa shape index (κ2) is 4.51. The van der Waals surface area contributed by atoms with Crippen LogP contribution in [0.4, 0.5) is 8.78 Å². The predicted molar refractivity (Wildman–Crippen MR) is 51.3 cm³/mol. The van der Waals surface area contributed by atoms with Crippen molar-refractivity contribution in [3.63, 3.8) is 0 Å². The van der Waals surface area contributed by atoms with Crippen molar-refractivity contribution in [2.75, 3.05) is 0 Å². The van der Waals surface area contributed by atoms with Crippen LogP contribution in [-0.2, 0) is 13.1 Å². The zero-order valence-electron chi connectivity index (χ0n) is 8.35. The molecule has 1 nitrogen and oxygen atoms in total. The minimum absolute atomic E-state index is 0.111. The number of aliphatic hydroxyl groups excluding tert-OH is 1. The van der Waals surface area contributed by atoms with E-state index in [2.05, 4.69) is 0 Å². The van der Waals surface area contributed by atoms with Crippen LogP contribution in [0.15, 0.2) is 12.1 Å². The highest BCUT2D eigenvalue weighted by Gasteiger charge is 2.08. The monoisotopic (exact) mass is 200 g/mol. The molecule has 1 unspecified atom stereocenters. The van der Waals surface area contributed by atoms with E-state index in [9.17, 15) is 8.78 Å². The molecule has 1 atom stereocenters. The summed E-state index contributed by atoms with van der Waals surface area (Å²) >= 11 is 0. The van der Waals surface area contributed by atoms with Crippen LogP contribution in [0.2, 0.25) is 0 Å². The first-order valence-corrected chi connectivity index (χ1v) is 4.56. The molecule has 0 aliphatic carbocycles. The SMILES string of the molecule is Cc1cc(CC(C)O)cc(F)c1CF. The first kappa shape index (κ1) is 11.1. The second-order valence-corrected chi connectivity index (χ2v) is 3.56. The van der Waals surface area contributed by atoms with Crippen LogP contribution in [0.3, 0.4) is 0 Å². The molecule has 0 saturated heterocycles. The molecule has 0 fully saturated rings. The fraction of sp³-hybridized carbons (Fsp3) is 0.455. The Morgan fingerprint density at radius 3 is 2.50 bits per heavy atom. The van der Waals surface area contributed by atoms with E-state index < -0.39 is 18.6 Å². The van der Waals surface area contributed by atoms with Crippen molar-refractivity contribution < 1.29 is 13.9 Å². The van der Waals surface area contributed by atoms with Gasteiger partial charge in [0.1, 0.15) is 12.5 Å². The number of halogens is 2. The molecule has 1 aromatic carbocycles. The Kier molecular flexibility index (Phi) is 3.58. The van der Waals surface area contributed by atoms with Crippen molar-refractivity contribution in [2.45, 2.75) is 33.0 Å². The van der Waals surface area contributed by atoms with Gasteiger partial charge in [-0.1, -0.05) is 6.07 Å². The van der Waals surface area contributed by atoms with Crippen molar-refractivity contribution in [2.24, 2.45) is 0 Å². The Hall–Kier alpha value is -0.960. The topological polar surface area (TPSA) is 20.2 Å². The quantitative estimate of drug-likeness (QED) is 0.794. The number of benzene rings is 1. The van der Waals surface area contributed by atoms with Gasteiger partial charge in [0, 0.05) is 5.56 Å². The van der Waals surface area contributed by atoms with Gasteiger partial charge in [-0.25, -0.2) is 8.78 Å². The third-order valence-corrected chi connectivity index (χ3v) is 2.14. The van der Waals surface area contributed by atoms with E-state index in [1.165, 1.54) is 6.07 Å². The molecule has 0 saturated carbocycles. The number of rotatable bonds is 3. The Morgan fingerprint density at radius 1 is 1.43 bits per heavy atom. The van der Waals surface area contributed by atoms with Crippen LogP contribution in [0.1, 0.15) is 23.6 Å². The molecule has 1 aromatic rings. The van der Waals surface area contributed by atoms with Gasteiger partial charge in [0.05, 0.1) is 6.10 Å². The Morgan fingerprint density at radius 2 is 2.07 bits per heavy atom. The number of hydrogen-bond donors (Lipinski definition) is 1. The molecule has 0 bridgehead atoms. The first-order chi connectivity index (χ1) is 6.54. The minimum atomic E-state index is -0.785. The average Bonchev–Trinajstić information content (AvgIpc) is 2.01. The number of aryl methyl sites for hydroxylation is 1. The van der Waals surface area contributed by atoms with Gasteiger partial charge >= 0.3 is 0 Å². The van der Waals surface area contributed by atoms with Crippen LogP contribution in [0.25, 0.3) is 0 Å². The maximum Gasteiger partial charge on any atom is 0.129 e. The van der Waals surface area contributed by atoms with E-state index in [-0.39, 0.29) is 5.56 Å². The lowest BCUT2D eigenvalue weighted by Gasteiger charge is -2.09. The third kappa shape index (κ3) is 2.51. The summed E-state index contributed by atoms with van der Waals surface area (Å²) in [6, 6.07) is 3.00. The van der Waals surface area contributed by atoms with E-state index in [0.29, 0.717) is 17.5 Å². The van der Waals surface area contributed by atoms with E-state index in [1.807, 2.05) is 0 Å². The molecule has 3 heteroatoms. The molecular formula is C11H14F2O. The van der Waals surface area contributed by atoms with Gasteiger partial charge in [-0.2, -0.15) is 0 Å². The molecule has 0 aliphatic heterocycles. The zero-order valence-corrected chi connectivity index (χ0v) is 8.35. The third-order valence-electron chi connectivity index (χ3n) is 2.14. The number of alkyl halides is 1. The van der Waals surface area contributed by atoms with E-state index in [1.54, 1.807) is 19.9 Å². The van der Waals surface area contributed by atoms with E-state index in [4.69, 9.17) is 5.11 Å². The molecule has 0 heterocycles. The van der Waals surface area contributed by atoms with Gasteiger partial charge in [0.25, 0.3) is 0 Å². The molecule has 0 aromatic heterocycles. The van der Waals surface area contributed by atoms with Gasteiger partial charge in [0.15, 0.2) is 0 Å². The van der Waals surface area contributed by atoms with Gasteiger partial charge in [-0.3, -0.25) is 0 Å². The molecule has 1 rings (SSSR count). The second-order valence-electron chi connectivity index (χ2n) is 3.56. The number of aliphatic hydroxyl groups is 1. The van der Waals surface area contributed by atoms with Gasteiger partial charge in [0.2, 0.25) is 0 Å². The Balaban J connectivity index is 3.01. The van der Waals surface area contributed by atoms with Crippen molar-refractivity contribution in [1.82, 2.24) is 0 Å². The minimum Gasteiger partial charge on any atom is -0.393 e. The summed E-state index contributed by atoms with van der Waals surface area (Å²) in [5.74, 6) is -0.525. The van der Waals surface area contributed by atoms with E-state index in [0.717, 1.165) is 0 Å². The maximum atomic E-state index is 13.2. The fourth-order valence-electron chi connectivity index (χ4n) is 1.47. The lowest BCUT2D eigenvalue weighted by atomic mass is 10.0. The van der Waals surface area contributed by atoms with Gasteiger partial charge in [-0.15, -0.1) is 0 Å². The van der Waals surface area contributed by atoms with Crippen LogP contribution in [0.5, 0.6) is 0 Å². The Labute approximate surface area is 82.4 Å². The molecule has 0 radical (unpaired) electrons. The molecule has 1 N–H and O–H groups in total. The van der Waals surface area contributed by atoms with Crippen LogP contribution in [0, 0.1) is 12.7 Å². The summed E-state index contributed by atoms with van der Waals surface area (Å²) in [5.41, 5.74) is 1.41. The number of hydrogen-bond acceptors (Lipinski definition) is 1. The molecule has 0 spiro atoms. The lowest BCUT2D eigenvalue weighted by Crippen LogP contribution is -2.05. The van der Waals surface area contributed by atoms with Gasteiger partial charge in [-0.05, 0) is 37.5 Å². The molecule has 0 amide bonds. The summed E-state index contributed by atoms with van der Waals surface area (Å²) in [6.45, 7) is 2.52.